The fourth-order valence-electron chi connectivity index (χ4n) is 2.32. The number of benzene rings is 1. The van der Waals surface area contributed by atoms with Crippen molar-refractivity contribution in [3.63, 3.8) is 0 Å². The summed E-state index contributed by atoms with van der Waals surface area (Å²) in [5.41, 5.74) is 2.89. The lowest BCUT2D eigenvalue weighted by atomic mass is 9.99. The number of carboxylic acids is 1. The van der Waals surface area contributed by atoms with Gasteiger partial charge in [-0.05, 0) is 24.0 Å². The van der Waals surface area contributed by atoms with Gasteiger partial charge in [-0.3, -0.25) is 0 Å². The van der Waals surface area contributed by atoms with Crippen LogP contribution < -0.4 is 0 Å². The van der Waals surface area contributed by atoms with Gasteiger partial charge in [-0.25, -0.2) is 4.79 Å². The summed E-state index contributed by atoms with van der Waals surface area (Å²) in [4.78, 5) is 10.5. The molecule has 1 saturated heterocycles. The van der Waals surface area contributed by atoms with Gasteiger partial charge in [0, 0.05) is 7.11 Å². The minimum atomic E-state index is -1.67. The second-order valence-electron chi connectivity index (χ2n) is 5.50. The molecule has 5 atom stereocenters. The van der Waals surface area contributed by atoms with Crippen molar-refractivity contribution in [2.24, 2.45) is 0 Å². The number of hydrogen-bond acceptors (Lipinski definition) is 6. The largest absolute Gasteiger partial charge is 0.479 e. The third kappa shape index (κ3) is 9.12. The summed E-state index contributed by atoms with van der Waals surface area (Å²) in [5, 5.41) is 36.3. The van der Waals surface area contributed by atoms with Gasteiger partial charge in [0.1, 0.15) is 18.3 Å². The Kier molecular flexibility index (Phi) is 16.9. The van der Waals surface area contributed by atoms with Crippen LogP contribution in [0.4, 0.5) is 0 Å². The highest BCUT2D eigenvalue weighted by Crippen LogP contribution is 2.21. The van der Waals surface area contributed by atoms with Crippen LogP contribution in [-0.2, 0) is 27.1 Å². The molecule has 1 aliphatic rings. The molecule has 0 saturated carbocycles. The molecule has 1 aromatic rings. The molecule has 0 aliphatic carbocycles. The number of ether oxygens (including phenoxy) is 2. The maximum atomic E-state index is 10.5. The summed E-state index contributed by atoms with van der Waals surface area (Å²) in [6.45, 7) is 12.4. The van der Waals surface area contributed by atoms with Crippen molar-refractivity contribution in [3.05, 3.63) is 35.4 Å². The van der Waals surface area contributed by atoms with Gasteiger partial charge >= 0.3 is 5.97 Å². The summed E-state index contributed by atoms with van der Waals surface area (Å²) in [7, 11) is 1.19. The number of rotatable bonds is 4. The lowest BCUT2D eigenvalue weighted by Gasteiger charge is -2.37. The smallest absolute Gasteiger partial charge is 0.335 e. The van der Waals surface area contributed by atoms with Crippen molar-refractivity contribution < 1.29 is 34.7 Å². The number of hydrogen-bond donors (Lipinski definition) is 4. The lowest BCUT2D eigenvalue weighted by molar-refractivity contribution is -0.287. The average molecular weight is 403 g/mol. The third-order valence-electron chi connectivity index (χ3n) is 3.85. The van der Waals surface area contributed by atoms with Gasteiger partial charge in [0.2, 0.25) is 0 Å². The van der Waals surface area contributed by atoms with Gasteiger partial charge in [0.25, 0.3) is 0 Å². The highest BCUT2D eigenvalue weighted by atomic mass is 16.7. The van der Waals surface area contributed by atoms with Crippen molar-refractivity contribution in [2.75, 3.05) is 7.11 Å². The van der Waals surface area contributed by atoms with E-state index in [0.717, 1.165) is 12.8 Å². The highest BCUT2D eigenvalue weighted by molar-refractivity contribution is 5.73. The van der Waals surface area contributed by atoms with Gasteiger partial charge in [0.05, 0.1) is 0 Å². The predicted molar refractivity (Wildman–Crippen MR) is 109 cm³/mol. The molecular formula is C21H38O7. The molecular weight excluding hydrogens is 364 g/mol. The van der Waals surface area contributed by atoms with Crippen molar-refractivity contribution >= 4 is 5.97 Å². The molecule has 2 rings (SSSR count). The first-order valence-corrected chi connectivity index (χ1v) is 9.88. The molecule has 0 aromatic heterocycles. The Balaban J connectivity index is 0. The van der Waals surface area contributed by atoms with Crippen LogP contribution in [0.25, 0.3) is 0 Å². The van der Waals surface area contributed by atoms with Crippen molar-refractivity contribution in [1.82, 2.24) is 0 Å². The minimum absolute atomic E-state index is 1.15. The third-order valence-corrected chi connectivity index (χ3v) is 3.85. The van der Waals surface area contributed by atoms with E-state index in [2.05, 4.69) is 42.8 Å². The zero-order valence-corrected chi connectivity index (χ0v) is 18.1. The average Bonchev–Trinajstić information content (AvgIpc) is 2.75. The molecule has 5 unspecified atom stereocenters. The SMILES string of the molecule is CC.CC.CCc1cccc(CC)c1.COC1OC(C(=O)O)C(O)C(O)C1O. The van der Waals surface area contributed by atoms with Crippen LogP contribution in [-0.4, -0.2) is 64.2 Å². The van der Waals surface area contributed by atoms with Crippen LogP contribution in [0.3, 0.4) is 0 Å². The minimum Gasteiger partial charge on any atom is -0.479 e. The molecule has 1 heterocycles. The van der Waals surface area contributed by atoms with Gasteiger partial charge in [0.15, 0.2) is 12.4 Å². The van der Waals surface area contributed by atoms with E-state index in [0.29, 0.717) is 0 Å². The van der Waals surface area contributed by atoms with E-state index in [4.69, 9.17) is 9.84 Å². The number of aryl methyl sites for hydroxylation is 2. The van der Waals surface area contributed by atoms with E-state index in [1.165, 1.54) is 18.2 Å². The lowest BCUT2D eigenvalue weighted by Crippen LogP contribution is -2.60. The summed E-state index contributed by atoms with van der Waals surface area (Å²) in [6, 6.07) is 8.77. The van der Waals surface area contributed by atoms with Crippen LogP contribution in [0.5, 0.6) is 0 Å². The molecule has 0 spiro atoms. The second-order valence-corrected chi connectivity index (χ2v) is 5.50. The maximum absolute atomic E-state index is 10.5. The van der Waals surface area contributed by atoms with Gasteiger partial charge < -0.3 is 29.9 Å². The molecule has 0 bridgehead atoms. The topological polar surface area (TPSA) is 116 Å². The van der Waals surface area contributed by atoms with Gasteiger partial charge in [-0.2, -0.15) is 0 Å². The fraction of sp³-hybridized carbons (Fsp3) is 0.667. The number of carbonyl (C=O) groups is 1. The highest BCUT2D eigenvalue weighted by Gasteiger charge is 2.47. The number of carboxylic acid groups (broad SMARTS) is 1. The Morgan fingerprint density at radius 2 is 1.43 bits per heavy atom. The van der Waals surface area contributed by atoms with Crippen LogP contribution in [0.15, 0.2) is 24.3 Å². The van der Waals surface area contributed by atoms with Crippen LogP contribution in [0.1, 0.15) is 52.7 Å². The maximum Gasteiger partial charge on any atom is 0.335 e. The number of aliphatic carboxylic acids is 1. The normalized spacial score (nSPS) is 25.7. The summed E-state index contributed by atoms with van der Waals surface area (Å²) in [5.74, 6) is -1.43. The van der Waals surface area contributed by atoms with E-state index in [1.807, 2.05) is 27.7 Å². The number of aliphatic hydroxyl groups is 3. The van der Waals surface area contributed by atoms with Crippen molar-refractivity contribution in [1.29, 1.82) is 0 Å². The summed E-state index contributed by atoms with van der Waals surface area (Å²) < 4.78 is 9.31. The van der Waals surface area contributed by atoms with Crippen LogP contribution in [0, 0.1) is 0 Å². The van der Waals surface area contributed by atoms with E-state index in [9.17, 15) is 20.1 Å². The van der Waals surface area contributed by atoms with Crippen LogP contribution in [0.2, 0.25) is 0 Å². The summed E-state index contributed by atoms with van der Waals surface area (Å²) in [6.07, 6.45) is -5.30. The zero-order valence-electron chi connectivity index (χ0n) is 18.1. The van der Waals surface area contributed by atoms with Crippen molar-refractivity contribution in [3.8, 4) is 0 Å². The molecule has 1 aromatic carbocycles. The second kappa shape index (κ2) is 16.4. The van der Waals surface area contributed by atoms with Gasteiger partial charge in [-0.1, -0.05) is 65.8 Å². The van der Waals surface area contributed by atoms with E-state index >= 15 is 0 Å². The molecule has 28 heavy (non-hydrogen) atoms. The quantitative estimate of drug-likeness (QED) is 0.611. The Morgan fingerprint density at radius 1 is 0.964 bits per heavy atom. The van der Waals surface area contributed by atoms with E-state index in [-0.39, 0.29) is 0 Å². The first kappa shape index (κ1) is 28.7. The Hall–Kier alpha value is -1.51. The predicted octanol–water partition coefficient (Wildman–Crippen LogP) is 2.39. The molecule has 1 aliphatic heterocycles. The standard InChI is InChI=1S/C10H14.C7H12O7.2C2H6/c1-3-9-6-5-7-10(4-2)8-9;1-13-7-4(10)2(8)3(9)5(14-7)6(11)12;2*1-2/h5-8H,3-4H2,1-2H3;2-5,7-10H,1H3,(H,11,12);2*1-2H3. The molecule has 7 nitrogen and oxygen atoms in total. The first-order valence-electron chi connectivity index (χ1n) is 9.88. The Labute approximate surface area is 168 Å². The summed E-state index contributed by atoms with van der Waals surface area (Å²) >= 11 is 0. The molecule has 0 radical (unpaired) electrons. The fourth-order valence-corrected chi connectivity index (χ4v) is 2.32. The van der Waals surface area contributed by atoms with E-state index in [1.54, 1.807) is 0 Å². The Morgan fingerprint density at radius 3 is 1.79 bits per heavy atom. The molecule has 164 valence electrons. The first-order chi connectivity index (χ1) is 13.3. The number of aliphatic hydroxyl groups excluding tert-OH is 3. The molecule has 4 N–H and O–H groups in total. The molecule has 0 amide bonds. The molecule has 7 heteroatoms. The monoisotopic (exact) mass is 402 g/mol. The van der Waals surface area contributed by atoms with Gasteiger partial charge in [-0.15, -0.1) is 0 Å². The number of methoxy groups -OCH3 is 1. The molecule has 1 fully saturated rings. The Bertz CT molecular complexity index is 500. The zero-order chi connectivity index (χ0) is 22.3. The van der Waals surface area contributed by atoms with Crippen LogP contribution >= 0.6 is 0 Å². The van der Waals surface area contributed by atoms with Crippen molar-refractivity contribution in [2.45, 2.75) is 85.1 Å². The van der Waals surface area contributed by atoms with E-state index < -0.39 is 36.7 Å².